The summed E-state index contributed by atoms with van der Waals surface area (Å²) in [7, 11) is 1.08. The lowest BCUT2D eigenvalue weighted by Crippen LogP contribution is -2.30. The summed E-state index contributed by atoms with van der Waals surface area (Å²) in [6.45, 7) is 0.477. The van der Waals surface area contributed by atoms with Gasteiger partial charge in [0, 0.05) is 26.3 Å². The molecule has 0 saturated carbocycles. The maximum Gasteiger partial charge on any atom is 0.319 e. The minimum absolute atomic E-state index is 0.174. The Balaban J connectivity index is 1.84. The van der Waals surface area contributed by atoms with Gasteiger partial charge in [-0.3, -0.25) is 0 Å². The second kappa shape index (κ2) is 8.68. The van der Waals surface area contributed by atoms with Crippen molar-refractivity contribution in [2.24, 2.45) is 0 Å². The van der Waals surface area contributed by atoms with Crippen LogP contribution >= 0.6 is 0 Å². The summed E-state index contributed by atoms with van der Waals surface area (Å²) in [4.78, 5) is 12.1. The highest BCUT2D eigenvalue weighted by molar-refractivity contribution is 7.89. The number of hydrogen-bond donors (Lipinski definition) is 2. The topological polar surface area (TPSA) is 87.7 Å². The molecule has 2 aromatic rings. The number of nitrogens with one attached hydrogen (secondary N) is 2. The second-order valence-electron chi connectivity index (χ2n) is 5.79. The number of rotatable bonds is 7. The van der Waals surface area contributed by atoms with Gasteiger partial charge in [0.1, 0.15) is 5.75 Å². The van der Waals surface area contributed by atoms with Crippen LogP contribution in [0.5, 0.6) is 5.75 Å². The molecule has 0 bridgehead atoms. The van der Waals surface area contributed by atoms with E-state index >= 15 is 0 Å². The Morgan fingerprint density at radius 1 is 1.04 bits per heavy atom. The number of ether oxygens (including phenoxy) is 1. The molecule has 0 spiro atoms. The molecule has 0 atom stereocenters. The largest absolute Gasteiger partial charge is 0.497 e. The van der Waals surface area contributed by atoms with Crippen molar-refractivity contribution < 1.29 is 17.9 Å². The molecule has 0 fully saturated rings. The lowest BCUT2D eigenvalue weighted by molar-refractivity contribution is 0.252. The van der Waals surface area contributed by atoms with Gasteiger partial charge in [-0.2, -0.15) is 0 Å². The van der Waals surface area contributed by atoms with E-state index in [1.54, 1.807) is 19.2 Å². The number of carbonyl (C=O) groups is 1. The van der Waals surface area contributed by atoms with Crippen molar-refractivity contribution >= 4 is 21.7 Å². The molecular weight excluding hydrogens is 354 g/mol. The van der Waals surface area contributed by atoms with E-state index in [2.05, 4.69) is 10.6 Å². The molecule has 0 aliphatic rings. The molecular formula is C18H23N3O4S. The molecule has 2 amide bonds. The molecule has 0 unspecified atom stereocenters. The van der Waals surface area contributed by atoms with Crippen LogP contribution < -0.4 is 15.4 Å². The van der Waals surface area contributed by atoms with Crippen molar-refractivity contribution in [1.29, 1.82) is 0 Å². The molecule has 2 aromatic carbocycles. The number of anilines is 1. The number of hydrogen-bond acceptors (Lipinski definition) is 4. The second-order valence-corrected chi connectivity index (χ2v) is 7.94. The van der Waals surface area contributed by atoms with Crippen LogP contribution in [0.1, 0.15) is 5.56 Å². The van der Waals surface area contributed by atoms with E-state index in [9.17, 15) is 13.2 Å². The van der Waals surface area contributed by atoms with Gasteiger partial charge >= 0.3 is 6.03 Å². The summed E-state index contributed by atoms with van der Waals surface area (Å²) in [6.07, 6.45) is 0.692. The monoisotopic (exact) mass is 377 g/mol. The van der Waals surface area contributed by atoms with Gasteiger partial charge in [-0.15, -0.1) is 0 Å². The van der Waals surface area contributed by atoms with Crippen LogP contribution in [-0.2, 0) is 16.4 Å². The number of methoxy groups -OCH3 is 1. The van der Waals surface area contributed by atoms with Crippen molar-refractivity contribution in [2.75, 3.05) is 33.1 Å². The van der Waals surface area contributed by atoms with E-state index in [4.69, 9.17) is 4.74 Å². The summed E-state index contributed by atoms with van der Waals surface area (Å²) >= 11 is 0. The van der Waals surface area contributed by atoms with Crippen LogP contribution in [-0.4, -0.2) is 46.5 Å². The van der Waals surface area contributed by atoms with Crippen molar-refractivity contribution in [3.8, 4) is 5.75 Å². The first kappa shape index (κ1) is 19.7. The Hall–Kier alpha value is -2.58. The maximum atomic E-state index is 12.0. The lowest BCUT2D eigenvalue weighted by Gasteiger charge is -2.12. The highest BCUT2D eigenvalue weighted by Gasteiger charge is 2.16. The summed E-state index contributed by atoms with van der Waals surface area (Å²) in [5.41, 5.74) is 1.61. The van der Waals surface area contributed by atoms with Gasteiger partial charge in [-0.05, 0) is 48.4 Å². The van der Waals surface area contributed by atoms with Gasteiger partial charge in [0.2, 0.25) is 10.0 Å². The van der Waals surface area contributed by atoms with E-state index in [-0.39, 0.29) is 10.9 Å². The Kier molecular flexibility index (Phi) is 6.59. The Morgan fingerprint density at radius 3 is 2.19 bits per heavy atom. The van der Waals surface area contributed by atoms with Gasteiger partial charge in [0.25, 0.3) is 0 Å². The Labute approximate surface area is 154 Å². The Morgan fingerprint density at radius 2 is 1.65 bits per heavy atom. The van der Waals surface area contributed by atoms with Crippen molar-refractivity contribution in [3.05, 3.63) is 54.1 Å². The van der Waals surface area contributed by atoms with Crippen molar-refractivity contribution in [1.82, 2.24) is 9.62 Å². The molecule has 0 aromatic heterocycles. The number of amides is 2. The zero-order valence-corrected chi connectivity index (χ0v) is 15.8. The first-order valence-corrected chi connectivity index (χ1v) is 9.47. The highest BCUT2D eigenvalue weighted by Crippen LogP contribution is 2.16. The molecule has 2 rings (SSSR count). The van der Waals surface area contributed by atoms with Gasteiger partial charge in [-0.25, -0.2) is 17.5 Å². The summed E-state index contributed by atoms with van der Waals surface area (Å²) in [5, 5.41) is 5.44. The van der Waals surface area contributed by atoms with Gasteiger partial charge in [0.15, 0.2) is 0 Å². The van der Waals surface area contributed by atoms with Crippen molar-refractivity contribution in [2.45, 2.75) is 11.3 Å². The zero-order valence-electron chi connectivity index (χ0n) is 15.0. The fourth-order valence-electron chi connectivity index (χ4n) is 2.21. The number of nitrogens with zero attached hydrogens (tertiary/aromatic N) is 1. The van der Waals surface area contributed by atoms with Crippen LogP contribution in [0.15, 0.2) is 53.4 Å². The lowest BCUT2D eigenvalue weighted by atomic mass is 10.1. The zero-order chi connectivity index (χ0) is 19.2. The van der Waals surface area contributed by atoms with Gasteiger partial charge < -0.3 is 15.4 Å². The minimum Gasteiger partial charge on any atom is -0.497 e. The molecule has 26 heavy (non-hydrogen) atoms. The van der Waals surface area contributed by atoms with E-state index in [0.29, 0.717) is 18.7 Å². The molecule has 0 heterocycles. The first-order valence-electron chi connectivity index (χ1n) is 8.03. The summed E-state index contributed by atoms with van der Waals surface area (Å²) < 4.78 is 30.2. The van der Waals surface area contributed by atoms with Crippen LogP contribution in [0.4, 0.5) is 10.5 Å². The van der Waals surface area contributed by atoms with Crippen LogP contribution in [0, 0.1) is 0 Å². The van der Waals surface area contributed by atoms with Gasteiger partial charge in [-0.1, -0.05) is 12.1 Å². The van der Waals surface area contributed by atoms with E-state index < -0.39 is 10.0 Å². The normalized spacial score (nSPS) is 11.2. The molecule has 0 radical (unpaired) electrons. The summed E-state index contributed by atoms with van der Waals surface area (Å²) in [5.74, 6) is 0.791. The fraction of sp³-hybridized carbons (Fsp3) is 0.278. The third-order valence-corrected chi connectivity index (χ3v) is 5.58. The SMILES string of the molecule is COc1ccc(CCNC(=O)Nc2ccc(S(=O)(=O)N(C)C)cc2)cc1. The molecule has 7 nitrogen and oxygen atoms in total. The number of sulfonamides is 1. The average Bonchev–Trinajstić information content (AvgIpc) is 2.62. The smallest absolute Gasteiger partial charge is 0.319 e. The highest BCUT2D eigenvalue weighted by atomic mass is 32.2. The molecule has 8 heteroatoms. The third kappa shape index (κ3) is 5.21. The molecule has 0 aliphatic heterocycles. The van der Waals surface area contributed by atoms with Crippen LogP contribution in [0.25, 0.3) is 0 Å². The van der Waals surface area contributed by atoms with Gasteiger partial charge in [0.05, 0.1) is 12.0 Å². The predicted molar refractivity (Wildman–Crippen MR) is 101 cm³/mol. The van der Waals surface area contributed by atoms with E-state index in [0.717, 1.165) is 15.6 Å². The number of benzene rings is 2. The van der Waals surface area contributed by atoms with E-state index in [1.165, 1.54) is 26.2 Å². The van der Waals surface area contributed by atoms with Crippen LogP contribution in [0.2, 0.25) is 0 Å². The number of carbonyl (C=O) groups excluding carboxylic acids is 1. The first-order chi connectivity index (χ1) is 12.3. The minimum atomic E-state index is -3.48. The molecule has 0 saturated heterocycles. The third-order valence-electron chi connectivity index (χ3n) is 3.75. The molecule has 140 valence electrons. The quantitative estimate of drug-likeness (QED) is 0.775. The van der Waals surface area contributed by atoms with Crippen molar-refractivity contribution in [3.63, 3.8) is 0 Å². The molecule has 0 aliphatic carbocycles. The average molecular weight is 377 g/mol. The number of urea groups is 1. The fourth-order valence-corrected chi connectivity index (χ4v) is 3.11. The Bertz CT molecular complexity index is 832. The van der Waals surface area contributed by atoms with Crippen LogP contribution in [0.3, 0.4) is 0 Å². The standard InChI is InChI=1S/C18H23N3O4S/c1-21(2)26(23,24)17-10-6-15(7-11-17)20-18(22)19-13-12-14-4-8-16(25-3)9-5-14/h4-11H,12-13H2,1-3H3,(H2,19,20,22). The summed E-state index contributed by atoms with van der Waals surface area (Å²) in [6, 6.07) is 13.3. The molecule has 2 N–H and O–H groups in total. The maximum absolute atomic E-state index is 12.0. The predicted octanol–water partition coefficient (Wildman–Crippen LogP) is 2.31. The van der Waals surface area contributed by atoms with E-state index in [1.807, 2.05) is 24.3 Å².